The largest absolute Gasteiger partial charge is 0.464 e. The van der Waals surface area contributed by atoms with E-state index in [9.17, 15) is 0 Å². The van der Waals surface area contributed by atoms with Crippen LogP contribution in [0.25, 0.3) is 0 Å². The van der Waals surface area contributed by atoms with E-state index in [1.54, 1.807) is 0 Å². The first-order valence-corrected chi connectivity index (χ1v) is 9.99. The number of ether oxygens (including phenoxy) is 1. The predicted octanol–water partition coefficient (Wildman–Crippen LogP) is 6.34. The van der Waals surface area contributed by atoms with Crippen LogP contribution < -0.4 is 4.74 Å². The van der Waals surface area contributed by atoms with Crippen LogP contribution in [-0.2, 0) is 0 Å². The SMILES string of the molecule is Clc1ccc2c(c1)C1CC(c3ccccc3)=NN1C(c1cccc(Br)c1)O2. The van der Waals surface area contributed by atoms with Gasteiger partial charge in [-0.3, -0.25) is 0 Å². The molecule has 3 aromatic carbocycles. The molecule has 3 nitrogen and oxygen atoms in total. The lowest BCUT2D eigenvalue weighted by molar-refractivity contribution is -0.0190. The number of benzene rings is 3. The Morgan fingerprint density at radius 1 is 1.00 bits per heavy atom. The quantitative estimate of drug-likeness (QED) is 0.465. The van der Waals surface area contributed by atoms with E-state index in [4.69, 9.17) is 21.4 Å². The van der Waals surface area contributed by atoms with Crippen LogP contribution in [-0.4, -0.2) is 10.7 Å². The van der Waals surface area contributed by atoms with Crippen molar-refractivity contribution < 1.29 is 4.74 Å². The highest BCUT2D eigenvalue weighted by Gasteiger charge is 2.41. The number of hydrazone groups is 1. The van der Waals surface area contributed by atoms with Crippen LogP contribution in [0.5, 0.6) is 5.75 Å². The Hall–Kier alpha value is -2.30. The molecule has 2 atom stereocenters. The average molecular weight is 440 g/mol. The number of hydrogen-bond donors (Lipinski definition) is 0. The second-order valence-electron chi connectivity index (χ2n) is 6.72. The molecule has 27 heavy (non-hydrogen) atoms. The first-order valence-electron chi connectivity index (χ1n) is 8.82. The maximum absolute atomic E-state index is 6.37. The van der Waals surface area contributed by atoms with Crippen molar-refractivity contribution in [3.8, 4) is 5.75 Å². The van der Waals surface area contributed by atoms with E-state index < -0.39 is 0 Å². The molecule has 0 saturated carbocycles. The highest BCUT2D eigenvalue weighted by molar-refractivity contribution is 9.10. The van der Waals surface area contributed by atoms with Gasteiger partial charge >= 0.3 is 0 Å². The molecule has 3 aromatic rings. The van der Waals surface area contributed by atoms with Crippen molar-refractivity contribution in [1.29, 1.82) is 0 Å². The van der Waals surface area contributed by atoms with E-state index in [1.165, 1.54) is 0 Å². The molecule has 0 spiro atoms. The Labute approximate surface area is 171 Å². The van der Waals surface area contributed by atoms with Crippen LogP contribution in [0.3, 0.4) is 0 Å². The molecule has 0 amide bonds. The van der Waals surface area contributed by atoms with Crippen molar-refractivity contribution in [2.75, 3.05) is 0 Å². The Balaban J connectivity index is 1.62. The third-order valence-corrected chi connectivity index (χ3v) is 5.72. The molecule has 0 radical (unpaired) electrons. The lowest BCUT2D eigenvalue weighted by Crippen LogP contribution is -2.33. The summed E-state index contributed by atoms with van der Waals surface area (Å²) in [4.78, 5) is 0. The summed E-state index contributed by atoms with van der Waals surface area (Å²) in [5, 5.41) is 7.75. The fourth-order valence-electron chi connectivity index (χ4n) is 3.74. The van der Waals surface area contributed by atoms with Crippen molar-refractivity contribution in [2.45, 2.75) is 18.7 Å². The molecular formula is C22H16BrClN2O. The summed E-state index contributed by atoms with van der Waals surface area (Å²) in [6.45, 7) is 0. The lowest BCUT2D eigenvalue weighted by Gasteiger charge is -2.38. The summed E-state index contributed by atoms with van der Waals surface area (Å²) in [6, 6.07) is 24.4. The molecule has 2 aliphatic heterocycles. The van der Waals surface area contributed by atoms with E-state index >= 15 is 0 Å². The molecule has 5 rings (SSSR count). The van der Waals surface area contributed by atoms with Gasteiger partial charge in [-0.1, -0.05) is 70.0 Å². The van der Waals surface area contributed by atoms with Gasteiger partial charge in [-0.05, 0) is 35.9 Å². The maximum Gasteiger partial charge on any atom is 0.213 e. The van der Waals surface area contributed by atoms with E-state index in [0.29, 0.717) is 5.02 Å². The van der Waals surface area contributed by atoms with Gasteiger partial charge in [0.25, 0.3) is 0 Å². The molecular weight excluding hydrogens is 424 g/mol. The zero-order valence-corrected chi connectivity index (χ0v) is 16.7. The average Bonchev–Trinajstić information content (AvgIpc) is 3.14. The van der Waals surface area contributed by atoms with E-state index in [2.05, 4.69) is 45.2 Å². The molecule has 0 fully saturated rings. The van der Waals surface area contributed by atoms with Gasteiger partial charge in [0.1, 0.15) is 5.75 Å². The maximum atomic E-state index is 6.37. The zero-order chi connectivity index (χ0) is 18.4. The van der Waals surface area contributed by atoms with Crippen LogP contribution in [0, 0.1) is 0 Å². The lowest BCUT2D eigenvalue weighted by atomic mass is 9.96. The summed E-state index contributed by atoms with van der Waals surface area (Å²) in [5.41, 5.74) is 4.36. The molecule has 2 heterocycles. The van der Waals surface area contributed by atoms with Crippen molar-refractivity contribution in [3.63, 3.8) is 0 Å². The highest BCUT2D eigenvalue weighted by atomic mass is 79.9. The number of rotatable bonds is 2. The van der Waals surface area contributed by atoms with E-state index in [-0.39, 0.29) is 12.3 Å². The minimum absolute atomic E-state index is 0.103. The number of halogens is 2. The number of nitrogens with zero attached hydrogens (tertiary/aromatic N) is 2. The van der Waals surface area contributed by atoms with Gasteiger partial charge in [-0.15, -0.1) is 0 Å². The van der Waals surface area contributed by atoms with Gasteiger partial charge < -0.3 is 4.74 Å². The van der Waals surface area contributed by atoms with Crippen molar-refractivity contribution in [1.82, 2.24) is 5.01 Å². The molecule has 2 aliphatic rings. The van der Waals surface area contributed by atoms with Crippen molar-refractivity contribution in [2.24, 2.45) is 5.10 Å². The van der Waals surface area contributed by atoms with Crippen LogP contribution in [0.4, 0.5) is 0 Å². The fourth-order valence-corrected chi connectivity index (χ4v) is 4.34. The normalized spacial score (nSPS) is 20.5. The summed E-state index contributed by atoms with van der Waals surface area (Å²) < 4.78 is 7.39. The standard InChI is InChI=1S/C22H16BrClN2O/c23-16-8-4-7-15(11-16)22-26-20(18-12-17(24)9-10-21(18)27-22)13-19(25-26)14-5-2-1-3-6-14/h1-12,20,22H,13H2. The van der Waals surface area contributed by atoms with E-state index in [1.807, 2.05) is 48.5 Å². The number of fused-ring (bicyclic) bond motifs is 3. The van der Waals surface area contributed by atoms with Crippen molar-refractivity contribution in [3.05, 3.63) is 99.0 Å². The van der Waals surface area contributed by atoms with E-state index in [0.717, 1.165) is 39.0 Å². The Morgan fingerprint density at radius 2 is 1.85 bits per heavy atom. The monoisotopic (exact) mass is 438 g/mol. The third kappa shape index (κ3) is 3.03. The first-order chi connectivity index (χ1) is 13.2. The second kappa shape index (κ2) is 6.70. The summed E-state index contributed by atoms with van der Waals surface area (Å²) in [7, 11) is 0. The van der Waals surface area contributed by atoms with Gasteiger partial charge in [0.2, 0.25) is 6.23 Å². The molecule has 0 N–H and O–H groups in total. The Morgan fingerprint density at radius 3 is 2.67 bits per heavy atom. The smallest absolute Gasteiger partial charge is 0.213 e. The Kier molecular flexibility index (Phi) is 4.18. The molecule has 0 aromatic heterocycles. The van der Waals surface area contributed by atoms with Crippen molar-refractivity contribution >= 4 is 33.2 Å². The van der Waals surface area contributed by atoms with Crippen LogP contribution in [0.2, 0.25) is 5.02 Å². The zero-order valence-electron chi connectivity index (χ0n) is 14.3. The minimum atomic E-state index is -0.276. The Bertz CT molecular complexity index is 1040. The minimum Gasteiger partial charge on any atom is -0.464 e. The molecule has 0 aliphatic carbocycles. The van der Waals surface area contributed by atoms with Crippen LogP contribution in [0.1, 0.15) is 35.4 Å². The van der Waals surface area contributed by atoms with Gasteiger partial charge in [0.15, 0.2) is 0 Å². The predicted molar refractivity (Wildman–Crippen MR) is 111 cm³/mol. The summed E-state index contributed by atoms with van der Waals surface area (Å²) in [5.74, 6) is 0.870. The van der Waals surface area contributed by atoms with Gasteiger partial charge in [0.05, 0.1) is 11.8 Å². The highest BCUT2D eigenvalue weighted by Crippen LogP contribution is 2.48. The molecule has 0 bridgehead atoms. The summed E-state index contributed by atoms with van der Waals surface area (Å²) >= 11 is 9.84. The van der Waals surface area contributed by atoms with Gasteiger partial charge in [-0.25, -0.2) is 5.01 Å². The number of hydrogen-bond acceptors (Lipinski definition) is 3. The first kappa shape index (κ1) is 16.8. The third-order valence-electron chi connectivity index (χ3n) is 4.99. The molecule has 0 saturated heterocycles. The van der Waals surface area contributed by atoms with Crippen LogP contribution in [0.15, 0.2) is 82.4 Å². The molecule has 2 unspecified atom stereocenters. The van der Waals surface area contributed by atoms with Crippen LogP contribution >= 0.6 is 27.5 Å². The van der Waals surface area contributed by atoms with Gasteiger partial charge in [0, 0.05) is 27.0 Å². The fraction of sp³-hybridized carbons (Fsp3) is 0.136. The topological polar surface area (TPSA) is 24.8 Å². The molecule has 5 heteroatoms. The van der Waals surface area contributed by atoms with Gasteiger partial charge in [-0.2, -0.15) is 5.10 Å². The molecule has 134 valence electrons. The summed E-state index contributed by atoms with van der Waals surface area (Å²) in [6.07, 6.45) is 0.549. The second-order valence-corrected chi connectivity index (χ2v) is 8.07.